The number of unbranched alkanes of at least 4 members (excludes halogenated alkanes) is 3. The Balaban J connectivity index is 0.00000338. The first-order chi connectivity index (χ1) is 12.1. The Morgan fingerprint density at radius 2 is 1.81 bits per heavy atom. The SMILES string of the molecule is CC1CC(N(C)C(=O)CCCCCCN)CCN1Cc1ccccc1.Cl.Cl. The number of likely N-dealkylation sites (tertiary alicyclic amines) is 1. The van der Waals surface area contributed by atoms with Crippen molar-refractivity contribution in [1.29, 1.82) is 0 Å². The molecule has 2 N–H and O–H groups in total. The lowest BCUT2D eigenvalue weighted by Gasteiger charge is -2.41. The summed E-state index contributed by atoms with van der Waals surface area (Å²) in [5.41, 5.74) is 6.88. The first kappa shape index (κ1) is 26.2. The summed E-state index contributed by atoms with van der Waals surface area (Å²) in [6, 6.07) is 11.6. The number of nitrogens with zero attached hydrogens (tertiary/aromatic N) is 2. The van der Waals surface area contributed by atoms with Crippen LogP contribution in [0.15, 0.2) is 30.3 Å². The summed E-state index contributed by atoms with van der Waals surface area (Å²) in [6.45, 7) is 5.12. The first-order valence-electron chi connectivity index (χ1n) is 9.85. The van der Waals surface area contributed by atoms with E-state index in [1.165, 1.54) is 5.56 Å². The summed E-state index contributed by atoms with van der Waals surface area (Å²) in [6.07, 6.45) is 7.15. The minimum atomic E-state index is 0. The maximum absolute atomic E-state index is 12.4. The van der Waals surface area contributed by atoms with Crippen LogP contribution in [0.2, 0.25) is 0 Å². The highest BCUT2D eigenvalue weighted by molar-refractivity contribution is 5.85. The average Bonchev–Trinajstić information content (AvgIpc) is 2.63. The first-order valence-corrected chi connectivity index (χ1v) is 9.85. The number of carbonyl (C=O) groups is 1. The highest BCUT2D eigenvalue weighted by Gasteiger charge is 2.29. The van der Waals surface area contributed by atoms with Gasteiger partial charge in [0, 0.05) is 38.6 Å². The van der Waals surface area contributed by atoms with Crippen molar-refractivity contribution in [3.8, 4) is 0 Å². The molecule has 27 heavy (non-hydrogen) atoms. The Labute approximate surface area is 177 Å². The molecule has 1 aromatic rings. The zero-order chi connectivity index (χ0) is 18.1. The molecule has 2 unspecified atom stereocenters. The van der Waals surface area contributed by atoms with Crippen molar-refractivity contribution in [3.63, 3.8) is 0 Å². The number of amides is 1. The van der Waals surface area contributed by atoms with Gasteiger partial charge in [-0.25, -0.2) is 0 Å². The Morgan fingerprint density at radius 3 is 2.44 bits per heavy atom. The minimum absolute atomic E-state index is 0. The van der Waals surface area contributed by atoms with E-state index >= 15 is 0 Å². The van der Waals surface area contributed by atoms with Crippen LogP contribution in [0.25, 0.3) is 0 Å². The van der Waals surface area contributed by atoms with E-state index in [4.69, 9.17) is 5.73 Å². The molecule has 2 rings (SSSR count). The van der Waals surface area contributed by atoms with Crippen LogP contribution in [0.1, 0.15) is 57.4 Å². The van der Waals surface area contributed by atoms with Gasteiger partial charge >= 0.3 is 0 Å². The van der Waals surface area contributed by atoms with Crippen LogP contribution in [0.4, 0.5) is 0 Å². The molecule has 0 saturated carbocycles. The molecule has 1 aromatic carbocycles. The van der Waals surface area contributed by atoms with E-state index in [1.807, 2.05) is 11.9 Å². The highest BCUT2D eigenvalue weighted by atomic mass is 35.5. The smallest absolute Gasteiger partial charge is 0.222 e. The quantitative estimate of drug-likeness (QED) is 0.610. The molecule has 0 radical (unpaired) electrons. The van der Waals surface area contributed by atoms with Gasteiger partial charge in [0.1, 0.15) is 0 Å². The van der Waals surface area contributed by atoms with E-state index in [0.717, 1.165) is 58.2 Å². The predicted molar refractivity (Wildman–Crippen MR) is 119 cm³/mol. The molecule has 1 aliphatic rings. The molecule has 1 saturated heterocycles. The minimum Gasteiger partial charge on any atom is -0.343 e. The van der Waals surface area contributed by atoms with E-state index < -0.39 is 0 Å². The molecule has 0 aliphatic carbocycles. The van der Waals surface area contributed by atoms with Crippen molar-refractivity contribution in [2.45, 2.75) is 70.5 Å². The van der Waals surface area contributed by atoms with E-state index in [9.17, 15) is 4.79 Å². The van der Waals surface area contributed by atoms with Gasteiger partial charge in [-0.15, -0.1) is 24.8 Å². The van der Waals surface area contributed by atoms with Crippen molar-refractivity contribution >= 4 is 30.7 Å². The number of benzene rings is 1. The van der Waals surface area contributed by atoms with Crippen LogP contribution in [0.3, 0.4) is 0 Å². The highest BCUT2D eigenvalue weighted by Crippen LogP contribution is 2.23. The lowest BCUT2D eigenvalue weighted by atomic mass is 9.96. The molecular formula is C21H37Cl2N3O. The second kappa shape index (κ2) is 14.2. The van der Waals surface area contributed by atoms with Gasteiger partial charge < -0.3 is 10.6 Å². The molecule has 1 heterocycles. The van der Waals surface area contributed by atoms with Crippen LogP contribution >= 0.6 is 24.8 Å². The van der Waals surface area contributed by atoms with Gasteiger partial charge in [-0.1, -0.05) is 43.2 Å². The fourth-order valence-corrected chi connectivity index (χ4v) is 3.75. The second-order valence-electron chi connectivity index (χ2n) is 7.44. The molecule has 0 aromatic heterocycles. The maximum atomic E-state index is 12.4. The van der Waals surface area contributed by atoms with Crippen LogP contribution < -0.4 is 5.73 Å². The third-order valence-corrected chi connectivity index (χ3v) is 5.50. The van der Waals surface area contributed by atoms with E-state index in [0.29, 0.717) is 24.4 Å². The molecule has 0 bridgehead atoms. The van der Waals surface area contributed by atoms with E-state index in [1.54, 1.807) is 0 Å². The summed E-state index contributed by atoms with van der Waals surface area (Å²) in [4.78, 5) is 17.0. The Bertz CT molecular complexity index is 515. The third kappa shape index (κ3) is 8.82. The Hall–Kier alpha value is -0.810. The lowest BCUT2D eigenvalue weighted by Crippen LogP contribution is -2.49. The zero-order valence-electron chi connectivity index (χ0n) is 16.8. The van der Waals surface area contributed by atoms with Crippen molar-refractivity contribution in [2.24, 2.45) is 5.73 Å². The van der Waals surface area contributed by atoms with Crippen LogP contribution in [-0.2, 0) is 11.3 Å². The fourth-order valence-electron chi connectivity index (χ4n) is 3.75. The summed E-state index contributed by atoms with van der Waals surface area (Å²) in [5, 5.41) is 0. The second-order valence-corrected chi connectivity index (χ2v) is 7.44. The lowest BCUT2D eigenvalue weighted by molar-refractivity contribution is -0.133. The van der Waals surface area contributed by atoms with Gasteiger partial charge in [0.05, 0.1) is 0 Å². The van der Waals surface area contributed by atoms with Gasteiger partial charge in [0.2, 0.25) is 5.91 Å². The molecular weight excluding hydrogens is 381 g/mol. The van der Waals surface area contributed by atoms with Gasteiger partial charge in [-0.05, 0) is 44.7 Å². The van der Waals surface area contributed by atoms with Gasteiger partial charge in [-0.2, -0.15) is 0 Å². The number of carbonyl (C=O) groups excluding carboxylic acids is 1. The van der Waals surface area contributed by atoms with Crippen molar-refractivity contribution in [3.05, 3.63) is 35.9 Å². The van der Waals surface area contributed by atoms with Crippen molar-refractivity contribution < 1.29 is 4.79 Å². The predicted octanol–water partition coefficient (Wildman–Crippen LogP) is 4.25. The van der Waals surface area contributed by atoms with E-state index in [2.05, 4.69) is 42.2 Å². The van der Waals surface area contributed by atoms with Crippen LogP contribution in [-0.4, -0.2) is 47.9 Å². The van der Waals surface area contributed by atoms with Gasteiger partial charge in [0.15, 0.2) is 0 Å². The number of hydrogen-bond acceptors (Lipinski definition) is 3. The standard InChI is InChI=1S/C21H35N3O.2ClH/c1-18-16-20(23(2)21(25)12-8-3-4-9-14-22)13-15-24(18)17-19-10-6-5-7-11-19;;/h5-7,10-11,18,20H,3-4,8-9,12-17,22H2,1-2H3;2*1H. The Morgan fingerprint density at radius 1 is 1.15 bits per heavy atom. The largest absolute Gasteiger partial charge is 0.343 e. The molecule has 4 nitrogen and oxygen atoms in total. The van der Waals surface area contributed by atoms with Gasteiger partial charge in [0.25, 0.3) is 0 Å². The molecule has 1 amide bonds. The third-order valence-electron chi connectivity index (χ3n) is 5.50. The maximum Gasteiger partial charge on any atom is 0.222 e. The molecule has 156 valence electrons. The normalized spacial score (nSPS) is 19.7. The molecule has 1 aliphatic heterocycles. The topological polar surface area (TPSA) is 49.6 Å². The monoisotopic (exact) mass is 417 g/mol. The summed E-state index contributed by atoms with van der Waals surface area (Å²) in [7, 11) is 1.99. The molecule has 2 atom stereocenters. The number of nitrogens with two attached hydrogens (primary N) is 1. The van der Waals surface area contributed by atoms with Gasteiger partial charge in [-0.3, -0.25) is 9.69 Å². The molecule has 0 spiro atoms. The van der Waals surface area contributed by atoms with Crippen LogP contribution in [0, 0.1) is 0 Å². The number of rotatable bonds is 9. The van der Waals surface area contributed by atoms with Crippen molar-refractivity contribution in [2.75, 3.05) is 20.1 Å². The number of piperidine rings is 1. The summed E-state index contributed by atoms with van der Waals surface area (Å²) in [5.74, 6) is 0.307. The fraction of sp³-hybridized carbons (Fsp3) is 0.667. The summed E-state index contributed by atoms with van der Waals surface area (Å²) >= 11 is 0. The molecule has 6 heteroatoms. The Kier molecular flexibility index (Phi) is 13.8. The average molecular weight is 418 g/mol. The number of hydrogen-bond donors (Lipinski definition) is 1. The molecule has 1 fully saturated rings. The zero-order valence-corrected chi connectivity index (χ0v) is 18.4. The number of halogens is 2. The van der Waals surface area contributed by atoms with Crippen molar-refractivity contribution in [1.82, 2.24) is 9.80 Å². The van der Waals surface area contributed by atoms with Crippen LogP contribution in [0.5, 0.6) is 0 Å². The summed E-state index contributed by atoms with van der Waals surface area (Å²) < 4.78 is 0. The van der Waals surface area contributed by atoms with E-state index in [-0.39, 0.29) is 24.8 Å².